The molecule has 19 heavy (non-hydrogen) atoms. The Morgan fingerprint density at radius 3 is 2.74 bits per heavy atom. The zero-order valence-electron chi connectivity index (χ0n) is 10.9. The van der Waals surface area contributed by atoms with E-state index in [1.54, 1.807) is 0 Å². The van der Waals surface area contributed by atoms with Gasteiger partial charge >= 0.3 is 5.97 Å². The van der Waals surface area contributed by atoms with Crippen molar-refractivity contribution in [3.05, 3.63) is 29.6 Å². The molecule has 1 fully saturated rings. The van der Waals surface area contributed by atoms with Gasteiger partial charge in [-0.2, -0.15) is 0 Å². The van der Waals surface area contributed by atoms with Crippen molar-refractivity contribution in [1.29, 1.82) is 0 Å². The molecule has 2 N–H and O–H groups in total. The van der Waals surface area contributed by atoms with E-state index in [4.69, 9.17) is 5.11 Å². The summed E-state index contributed by atoms with van der Waals surface area (Å²) in [6, 6.07) is 2.96. The predicted octanol–water partition coefficient (Wildman–Crippen LogP) is 2.09. The summed E-state index contributed by atoms with van der Waals surface area (Å²) in [6.07, 6.45) is 6.08. The molecule has 1 unspecified atom stereocenters. The fraction of sp³-hybridized carbons (Fsp3) is 0.500. The number of nitrogens with one attached hydrogen (secondary N) is 1. The minimum atomic E-state index is -1.13. The van der Waals surface area contributed by atoms with Crippen LogP contribution in [0.25, 0.3) is 0 Å². The first-order chi connectivity index (χ1) is 9.09. The fourth-order valence-corrected chi connectivity index (χ4v) is 2.61. The molecule has 2 rings (SSSR count). The number of pyridine rings is 1. The zero-order chi connectivity index (χ0) is 13.8. The van der Waals surface area contributed by atoms with Gasteiger partial charge in [0.05, 0.1) is 5.56 Å². The third-order valence-corrected chi connectivity index (χ3v) is 3.72. The zero-order valence-corrected chi connectivity index (χ0v) is 10.9. The van der Waals surface area contributed by atoms with Crippen molar-refractivity contribution in [3.63, 3.8) is 0 Å². The number of carboxylic acids is 1. The summed E-state index contributed by atoms with van der Waals surface area (Å²) in [6.45, 7) is 1.97. The van der Waals surface area contributed by atoms with E-state index in [9.17, 15) is 9.59 Å². The third kappa shape index (κ3) is 3.10. The minimum Gasteiger partial charge on any atom is -0.478 e. The average molecular weight is 262 g/mol. The highest BCUT2D eigenvalue weighted by Gasteiger charge is 2.25. The summed E-state index contributed by atoms with van der Waals surface area (Å²) < 4.78 is 0. The van der Waals surface area contributed by atoms with Crippen LogP contribution in [0.15, 0.2) is 18.3 Å². The SMILES string of the molecule is CC(NC(=O)c1ncccc1C(=O)O)C1CCCC1. The highest BCUT2D eigenvalue weighted by atomic mass is 16.4. The standard InChI is InChI=1S/C14H18N2O3/c1-9(10-5-2-3-6-10)16-13(17)12-11(14(18)19)7-4-8-15-12/h4,7-10H,2-3,5-6H2,1H3,(H,16,17)(H,18,19). The van der Waals surface area contributed by atoms with Crippen LogP contribution in [0.2, 0.25) is 0 Å². The van der Waals surface area contributed by atoms with Crippen LogP contribution in [0, 0.1) is 5.92 Å². The molecular formula is C14H18N2O3. The van der Waals surface area contributed by atoms with Gasteiger partial charge in [0.25, 0.3) is 5.91 Å². The van der Waals surface area contributed by atoms with Crippen LogP contribution in [-0.2, 0) is 0 Å². The summed E-state index contributed by atoms with van der Waals surface area (Å²) in [5.41, 5.74) is -0.0709. The van der Waals surface area contributed by atoms with Crippen LogP contribution in [-0.4, -0.2) is 28.0 Å². The number of carbonyl (C=O) groups excluding carboxylic acids is 1. The number of aromatic nitrogens is 1. The van der Waals surface area contributed by atoms with E-state index in [1.807, 2.05) is 6.92 Å². The molecule has 1 aromatic heterocycles. The van der Waals surface area contributed by atoms with Gasteiger partial charge in [-0.3, -0.25) is 9.78 Å². The van der Waals surface area contributed by atoms with Gasteiger partial charge in [-0.05, 0) is 37.8 Å². The molecule has 102 valence electrons. The maximum Gasteiger partial charge on any atom is 0.338 e. The molecule has 5 nitrogen and oxygen atoms in total. The summed E-state index contributed by atoms with van der Waals surface area (Å²) in [4.78, 5) is 27.0. The van der Waals surface area contributed by atoms with E-state index in [1.165, 1.54) is 31.2 Å². The number of carbonyl (C=O) groups is 2. The van der Waals surface area contributed by atoms with Crippen LogP contribution < -0.4 is 5.32 Å². The topological polar surface area (TPSA) is 79.3 Å². The van der Waals surface area contributed by atoms with Crippen molar-refractivity contribution in [3.8, 4) is 0 Å². The van der Waals surface area contributed by atoms with Crippen molar-refractivity contribution in [1.82, 2.24) is 10.3 Å². The highest BCUT2D eigenvalue weighted by molar-refractivity contribution is 6.03. The second-order valence-electron chi connectivity index (χ2n) is 5.01. The van der Waals surface area contributed by atoms with E-state index in [2.05, 4.69) is 10.3 Å². The first-order valence-corrected chi connectivity index (χ1v) is 6.58. The Hall–Kier alpha value is -1.91. The molecule has 1 aromatic rings. The molecule has 1 atom stereocenters. The van der Waals surface area contributed by atoms with Gasteiger partial charge in [0.1, 0.15) is 5.69 Å². The van der Waals surface area contributed by atoms with Crippen LogP contribution in [0.4, 0.5) is 0 Å². The Bertz CT molecular complexity index is 481. The maximum absolute atomic E-state index is 12.1. The summed E-state index contributed by atoms with van der Waals surface area (Å²) in [7, 11) is 0. The molecule has 0 radical (unpaired) electrons. The van der Waals surface area contributed by atoms with Crippen LogP contribution in [0.3, 0.4) is 0 Å². The molecule has 1 amide bonds. The molecule has 0 aromatic carbocycles. The van der Waals surface area contributed by atoms with Gasteiger partial charge in [0.2, 0.25) is 0 Å². The quantitative estimate of drug-likeness (QED) is 0.870. The van der Waals surface area contributed by atoms with Crippen molar-refractivity contribution in [2.24, 2.45) is 5.92 Å². The largest absolute Gasteiger partial charge is 0.478 e. The number of aromatic carboxylic acids is 1. The Morgan fingerprint density at radius 2 is 2.11 bits per heavy atom. The van der Waals surface area contributed by atoms with Gasteiger partial charge in [-0.1, -0.05) is 12.8 Å². The van der Waals surface area contributed by atoms with E-state index >= 15 is 0 Å². The van der Waals surface area contributed by atoms with E-state index in [0.717, 1.165) is 12.8 Å². The number of amides is 1. The van der Waals surface area contributed by atoms with Crippen molar-refractivity contribution < 1.29 is 14.7 Å². The lowest BCUT2D eigenvalue weighted by atomic mass is 9.99. The van der Waals surface area contributed by atoms with Gasteiger partial charge in [0.15, 0.2) is 0 Å². The average Bonchev–Trinajstić information content (AvgIpc) is 2.92. The number of hydrogen-bond donors (Lipinski definition) is 2. The number of carboxylic acid groups (broad SMARTS) is 1. The number of hydrogen-bond acceptors (Lipinski definition) is 3. The minimum absolute atomic E-state index is 0.0140. The molecule has 0 aliphatic heterocycles. The molecule has 1 heterocycles. The highest BCUT2D eigenvalue weighted by Crippen LogP contribution is 2.27. The van der Waals surface area contributed by atoms with Gasteiger partial charge in [-0.15, -0.1) is 0 Å². The first-order valence-electron chi connectivity index (χ1n) is 6.58. The number of nitrogens with zero attached hydrogens (tertiary/aromatic N) is 1. The Kier molecular flexibility index (Phi) is 4.14. The fourth-order valence-electron chi connectivity index (χ4n) is 2.61. The normalized spacial score (nSPS) is 17.1. The molecule has 1 aliphatic rings. The summed E-state index contributed by atoms with van der Waals surface area (Å²) >= 11 is 0. The van der Waals surface area contributed by atoms with Crippen LogP contribution in [0.5, 0.6) is 0 Å². The Labute approximate surface area is 112 Å². The molecule has 1 aliphatic carbocycles. The monoisotopic (exact) mass is 262 g/mol. The van der Waals surface area contributed by atoms with Gasteiger partial charge in [-0.25, -0.2) is 4.79 Å². The van der Waals surface area contributed by atoms with Crippen LogP contribution >= 0.6 is 0 Å². The lowest BCUT2D eigenvalue weighted by Gasteiger charge is -2.20. The maximum atomic E-state index is 12.1. The first kappa shape index (κ1) is 13.5. The van der Waals surface area contributed by atoms with E-state index in [0.29, 0.717) is 5.92 Å². The lowest BCUT2D eigenvalue weighted by molar-refractivity contribution is 0.0689. The predicted molar refractivity (Wildman–Crippen MR) is 70.1 cm³/mol. The molecule has 0 saturated heterocycles. The molecule has 0 spiro atoms. The second kappa shape index (κ2) is 5.82. The van der Waals surface area contributed by atoms with Crippen molar-refractivity contribution in [2.45, 2.75) is 38.6 Å². The van der Waals surface area contributed by atoms with Gasteiger partial charge in [0, 0.05) is 12.2 Å². The van der Waals surface area contributed by atoms with Crippen molar-refractivity contribution >= 4 is 11.9 Å². The van der Waals surface area contributed by atoms with Crippen LogP contribution in [0.1, 0.15) is 53.5 Å². The number of rotatable bonds is 4. The summed E-state index contributed by atoms with van der Waals surface area (Å²) in [5, 5.41) is 11.9. The molecule has 5 heteroatoms. The van der Waals surface area contributed by atoms with Crippen molar-refractivity contribution in [2.75, 3.05) is 0 Å². The Morgan fingerprint density at radius 1 is 1.42 bits per heavy atom. The molecular weight excluding hydrogens is 244 g/mol. The van der Waals surface area contributed by atoms with E-state index < -0.39 is 11.9 Å². The molecule has 0 bridgehead atoms. The lowest BCUT2D eigenvalue weighted by Crippen LogP contribution is -2.38. The second-order valence-corrected chi connectivity index (χ2v) is 5.01. The smallest absolute Gasteiger partial charge is 0.338 e. The van der Waals surface area contributed by atoms with Gasteiger partial charge < -0.3 is 10.4 Å². The third-order valence-electron chi connectivity index (χ3n) is 3.72. The molecule has 1 saturated carbocycles. The van der Waals surface area contributed by atoms with E-state index in [-0.39, 0.29) is 17.3 Å². The Balaban J connectivity index is 2.09. The summed E-state index contributed by atoms with van der Waals surface area (Å²) in [5.74, 6) is -1.05.